The maximum Gasteiger partial charge on any atom is 0.266 e. The first-order valence-electron chi connectivity index (χ1n) is 7.15. The predicted octanol–water partition coefficient (Wildman–Crippen LogP) is 4.40. The van der Waals surface area contributed by atoms with Gasteiger partial charge in [0.2, 0.25) is 0 Å². The van der Waals surface area contributed by atoms with Crippen LogP contribution in [0.3, 0.4) is 0 Å². The van der Waals surface area contributed by atoms with Crippen LogP contribution in [0.15, 0.2) is 66.8 Å². The van der Waals surface area contributed by atoms with Crippen LogP contribution in [0, 0.1) is 14.9 Å². The van der Waals surface area contributed by atoms with Gasteiger partial charge in [0.25, 0.3) is 5.91 Å². The number of nitriles is 1. The van der Waals surface area contributed by atoms with Crippen LogP contribution >= 0.6 is 22.6 Å². The Morgan fingerprint density at radius 2 is 2.04 bits per heavy atom. The van der Waals surface area contributed by atoms with Gasteiger partial charge in [-0.15, -0.1) is 0 Å². The first-order chi connectivity index (χ1) is 11.6. The number of nitrogens with one attached hydrogen (secondary N) is 1. The summed E-state index contributed by atoms with van der Waals surface area (Å²) in [5, 5.41) is 12.0. The van der Waals surface area contributed by atoms with Gasteiger partial charge in [-0.1, -0.05) is 36.9 Å². The van der Waals surface area contributed by atoms with Crippen molar-refractivity contribution in [2.45, 2.75) is 0 Å². The molecule has 2 aromatic rings. The normalized spacial score (nSPS) is 10.6. The molecule has 1 N–H and O–H groups in total. The summed E-state index contributed by atoms with van der Waals surface area (Å²) in [6.07, 6.45) is 3.23. The van der Waals surface area contributed by atoms with Gasteiger partial charge >= 0.3 is 0 Å². The van der Waals surface area contributed by atoms with Gasteiger partial charge in [0.1, 0.15) is 24.0 Å². The highest BCUT2D eigenvalue weighted by Gasteiger charge is 2.10. The van der Waals surface area contributed by atoms with E-state index < -0.39 is 5.91 Å². The lowest BCUT2D eigenvalue weighted by Gasteiger charge is -2.07. The molecule has 0 fully saturated rings. The molecular weight excluding hydrogens is 415 g/mol. The fourth-order valence-electron chi connectivity index (χ4n) is 1.91. The van der Waals surface area contributed by atoms with Crippen LogP contribution in [0.5, 0.6) is 5.75 Å². The summed E-state index contributed by atoms with van der Waals surface area (Å²) >= 11 is 2.15. The molecule has 0 aliphatic heterocycles. The molecule has 0 radical (unpaired) electrons. The number of carbonyl (C=O) groups is 1. The molecule has 0 saturated carbocycles. The van der Waals surface area contributed by atoms with Crippen LogP contribution in [-0.2, 0) is 4.79 Å². The molecule has 120 valence electrons. The minimum Gasteiger partial charge on any atom is -0.488 e. The van der Waals surface area contributed by atoms with E-state index in [2.05, 4.69) is 34.5 Å². The first-order valence-corrected chi connectivity index (χ1v) is 8.23. The van der Waals surface area contributed by atoms with Crippen molar-refractivity contribution in [3.63, 3.8) is 0 Å². The van der Waals surface area contributed by atoms with E-state index in [0.29, 0.717) is 12.3 Å². The lowest BCUT2D eigenvalue weighted by Crippen LogP contribution is -2.13. The topological polar surface area (TPSA) is 62.1 Å². The number of anilines is 1. The van der Waals surface area contributed by atoms with E-state index in [1.807, 2.05) is 30.3 Å². The van der Waals surface area contributed by atoms with Crippen molar-refractivity contribution in [1.29, 1.82) is 5.26 Å². The van der Waals surface area contributed by atoms with E-state index in [9.17, 15) is 10.1 Å². The maximum absolute atomic E-state index is 12.2. The SMILES string of the molecule is C=CCOc1ccc(/C=C(/C#N)C(=O)Nc2ccccc2)cc1I. The Hall–Kier alpha value is -2.59. The number of benzene rings is 2. The number of ether oxygens (including phenoxy) is 1. The average molecular weight is 430 g/mol. The summed E-state index contributed by atoms with van der Waals surface area (Å²) in [7, 11) is 0. The smallest absolute Gasteiger partial charge is 0.266 e. The monoisotopic (exact) mass is 430 g/mol. The Morgan fingerprint density at radius 3 is 2.67 bits per heavy atom. The Kier molecular flexibility index (Phi) is 6.58. The molecule has 0 heterocycles. The Bertz CT molecular complexity index is 808. The molecule has 0 aromatic heterocycles. The molecule has 0 aliphatic carbocycles. The summed E-state index contributed by atoms with van der Waals surface area (Å²) in [5.74, 6) is 0.297. The van der Waals surface area contributed by atoms with E-state index in [4.69, 9.17) is 4.74 Å². The molecule has 2 rings (SSSR count). The van der Waals surface area contributed by atoms with Crippen molar-refractivity contribution in [2.24, 2.45) is 0 Å². The molecule has 2 aromatic carbocycles. The van der Waals surface area contributed by atoms with Gasteiger partial charge in [-0.05, 0) is 58.5 Å². The van der Waals surface area contributed by atoms with E-state index in [1.165, 1.54) is 0 Å². The molecule has 0 bridgehead atoms. The Labute approximate surface area is 154 Å². The van der Waals surface area contributed by atoms with Gasteiger partial charge in [0.15, 0.2) is 0 Å². The predicted molar refractivity (Wildman–Crippen MR) is 104 cm³/mol. The van der Waals surface area contributed by atoms with Gasteiger partial charge in [-0.2, -0.15) is 5.26 Å². The molecule has 4 nitrogen and oxygen atoms in total. The number of amides is 1. The summed E-state index contributed by atoms with van der Waals surface area (Å²) in [5.41, 5.74) is 1.44. The van der Waals surface area contributed by atoms with Crippen LogP contribution in [0.4, 0.5) is 5.69 Å². The third-order valence-electron chi connectivity index (χ3n) is 3.02. The average Bonchev–Trinajstić information content (AvgIpc) is 2.59. The quantitative estimate of drug-likeness (QED) is 0.320. The minimum atomic E-state index is -0.439. The Morgan fingerprint density at radius 1 is 1.29 bits per heavy atom. The third-order valence-corrected chi connectivity index (χ3v) is 3.86. The minimum absolute atomic E-state index is 0.0365. The van der Waals surface area contributed by atoms with Crippen molar-refractivity contribution in [1.82, 2.24) is 0 Å². The van der Waals surface area contributed by atoms with Crippen LogP contribution in [0.2, 0.25) is 0 Å². The largest absolute Gasteiger partial charge is 0.488 e. The molecule has 24 heavy (non-hydrogen) atoms. The van der Waals surface area contributed by atoms with Crippen LogP contribution < -0.4 is 10.1 Å². The van der Waals surface area contributed by atoms with Gasteiger partial charge in [0.05, 0.1) is 3.57 Å². The number of para-hydroxylation sites is 1. The fraction of sp³-hybridized carbons (Fsp3) is 0.0526. The van der Waals surface area contributed by atoms with Crippen LogP contribution in [0.25, 0.3) is 6.08 Å². The van der Waals surface area contributed by atoms with E-state index in [-0.39, 0.29) is 5.57 Å². The van der Waals surface area contributed by atoms with Crippen LogP contribution in [0.1, 0.15) is 5.56 Å². The summed E-state index contributed by atoms with van der Waals surface area (Å²) in [6.45, 7) is 4.03. The number of nitrogens with zero attached hydrogens (tertiary/aromatic N) is 1. The van der Waals surface area contributed by atoms with Gasteiger partial charge in [0, 0.05) is 5.69 Å². The first kappa shape index (κ1) is 17.8. The standard InChI is InChI=1S/C19H15IN2O2/c1-2-10-24-18-9-8-14(12-17(18)20)11-15(13-21)19(23)22-16-6-4-3-5-7-16/h2-9,11-12H,1,10H2,(H,22,23)/b15-11-. The third kappa shape index (κ3) is 4.96. The van der Waals surface area contributed by atoms with Crippen molar-refractivity contribution in [3.05, 3.63) is 75.9 Å². The molecule has 0 spiro atoms. The van der Waals surface area contributed by atoms with Crippen molar-refractivity contribution in [3.8, 4) is 11.8 Å². The van der Waals surface area contributed by atoms with Gasteiger partial charge < -0.3 is 10.1 Å². The van der Waals surface area contributed by atoms with Crippen LogP contribution in [-0.4, -0.2) is 12.5 Å². The van der Waals surface area contributed by atoms with Crippen molar-refractivity contribution >= 4 is 40.3 Å². The maximum atomic E-state index is 12.2. The fourth-order valence-corrected chi connectivity index (χ4v) is 2.60. The van der Waals surface area contributed by atoms with E-state index in [0.717, 1.165) is 14.9 Å². The highest BCUT2D eigenvalue weighted by atomic mass is 127. The molecule has 5 heteroatoms. The molecular formula is C19H15IN2O2. The molecule has 0 atom stereocenters. The zero-order valence-corrected chi connectivity index (χ0v) is 15.0. The van der Waals surface area contributed by atoms with Crippen molar-refractivity contribution < 1.29 is 9.53 Å². The second-order valence-electron chi connectivity index (χ2n) is 4.78. The zero-order valence-electron chi connectivity index (χ0n) is 12.8. The second-order valence-corrected chi connectivity index (χ2v) is 5.94. The van der Waals surface area contributed by atoms with E-state index >= 15 is 0 Å². The molecule has 0 unspecified atom stereocenters. The highest BCUT2D eigenvalue weighted by Crippen LogP contribution is 2.23. The second kappa shape index (κ2) is 8.89. The number of halogens is 1. The molecule has 0 aliphatic rings. The Balaban J connectivity index is 2.18. The zero-order chi connectivity index (χ0) is 17.4. The van der Waals surface area contributed by atoms with E-state index in [1.54, 1.807) is 36.4 Å². The number of hydrogen-bond acceptors (Lipinski definition) is 3. The number of carbonyl (C=O) groups excluding carboxylic acids is 1. The number of rotatable bonds is 6. The summed E-state index contributed by atoms with van der Waals surface area (Å²) in [4.78, 5) is 12.2. The van der Waals surface area contributed by atoms with Gasteiger partial charge in [-0.25, -0.2) is 0 Å². The van der Waals surface area contributed by atoms with Crippen molar-refractivity contribution in [2.75, 3.05) is 11.9 Å². The highest BCUT2D eigenvalue weighted by molar-refractivity contribution is 14.1. The lowest BCUT2D eigenvalue weighted by molar-refractivity contribution is -0.112. The van der Waals surface area contributed by atoms with Gasteiger partial charge in [-0.3, -0.25) is 4.79 Å². The lowest BCUT2D eigenvalue weighted by atomic mass is 10.1. The molecule has 1 amide bonds. The molecule has 0 saturated heterocycles. The summed E-state index contributed by atoms with van der Waals surface area (Å²) < 4.78 is 6.40. The number of hydrogen-bond donors (Lipinski definition) is 1. The summed E-state index contributed by atoms with van der Waals surface area (Å²) in [6, 6.07) is 16.4.